The van der Waals surface area contributed by atoms with Crippen LogP contribution in [0.2, 0.25) is 0 Å². The second-order valence-electron chi connectivity index (χ2n) is 5.92. The van der Waals surface area contributed by atoms with Crippen LogP contribution in [-0.2, 0) is 16.5 Å². The fraction of sp³-hybridized carbons (Fsp3) is 0.600. The first-order valence-electron chi connectivity index (χ1n) is 7.75. The number of rotatable bonds is 1. The summed E-state index contributed by atoms with van der Waals surface area (Å²) in [5.41, 5.74) is 5.17. The molecule has 1 fully saturated rings. The highest BCUT2D eigenvalue weighted by Gasteiger charge is 2.45. The average molecular weight is 443 g/mol. The van der Waals surface area contributed by atoms with Crippen LogP contribution < -0.4 is 16.9 Å². The lowest BCUT2D eigenvalue weighted by Gasteiger charge is -2.41. The first-order chi connectivity index (χ1) is 11.7. The first kappa shape index (κ1) is 20.5. The second kappa shape index (κ2) is 8.26. The zero-order chi connectivity index (χ0) is 18.7. The number of hydrogen-bond acceptors (Lipinski definition) is 6. The number of hydrogen-bond donors (Lipinski definition) is 3. The largest absolute Gasteiger partial charge is 0.425 e. The van der Waals surface area contributed by atoms with E-state index in [2.05, 4.69) is 21.2 Å². The first-order valence-corrected chi connectivity index (χ1v) is 9.49. The van der Waals surface area contributed by atoms with Crippen LogP contribution in [0.3, 0.4) is 0 Å². The highest BCUT2D eigenvalue weighted by molar-refractivity contribution is 9.09. The molecule has 5 nitrogen and oxygen atoms in total. The van der Waals surface area contributed by atoms with Crippen LogP contribution in [0.1, 0.15) is 33.0 Å². The number of nitrogens with two attached hydrogens (primary N) is 2. The Morgan fingerprint density at radius 2 is 2.08 bits per heavy atom. The Morgan fingerprint density at radius 1 is 1.44 bits per heavy atom. The van der Waals surface area contributed by atoms with E-state index in [0.29, 0.717) is 6.61 Å². The summed E-state index contributed by atoms with van der Waals surface area (Å²) in [4.78, 5) is 0.0927. The number of hydrazine groups is 1. The van der Waals surface area contributed by atoms with Crippen LogP contribution >= 0.6 is 27.3 Å². The van der Waals surface area contributed by atoms with Gasteiger partial charge in [-0.05, 0) is 37.6 Å². The third kappa shape index (κ3) is 4.88. The van der Waals surface area contributed by atoms with Crippen molar-refractivity contribution >= 4 is 27.3 Å². The molecule has 1 saturated heterocycles. The van der Waals surface area contributed by atoms with Gasteiger partial charge in [-0.1, -0.05) is 15.9 Å². The van der Waals surface area contributed by atoms with E-state index in [0.717, 1.165) is 47.7 Å². The molecule has 0 aliphatic carbocycles. The Balaban J connectivity index is 0.000000326. The van der Waals surface area contributed by atoms with E-state index >= 15 is 0 Å². The van der Waals surface area contributed by atoms with Crippen LogP contribution in [-0.4, -0.2) is 31.8 Å². The summed E-state index contributed by atoms with van der Waals surface area (Å²) in [6.45, 7) is 2.00. The molecule has 5 N–H and O–H groups in total. The summed E-state index contributed by atoms with van der Waals surface area (Å²) >= 11 is 4.26. The Kier molecular flexibility index (Phi) is 6.77. The van der Waals surface area contributed by atoms with E-state index in [1.807, 2.05) is 0 Å². The summed E-state index contributed by atoms with van der Waals surface area (Å²) in [6, 6.07) is 1.28. The highest BCUT2D eigenvalue weighted by Crippen LogP contribution is 2.51. The molecule has 3 rings (SSSR count). The van der Waals surface area contributed by atoms with Crippen molar-refractivity contribution in [3.8, 4) is 0 Å². The Bertz CT molecular complexity index is 600. The molecule has 1 aromatic rings. The number of ether oxygens (including phenoxy) is 1. The van der Waals surface area contributed by atoms with Crippen LogP contribution in [0.15, 0.2) is 18.5 Å². The molecule has 1 spiro atoms. The third-order valence-electron chi connectivity index (χ3n) is 4.03. The van der Waals surface area contributed by atoms with Gasteiger partial charge in [0.1, 0.15) is 10.5 Å². The standard InChI is InChI=1S/C12H13BrF3NOS.C3H9N3/c13-8-6-18-11(1-3-17-4-2-11)10-7(8)5-9(19-10)12(14,15)16;1-6(5)3-2-4/h5,8,17H,1-4,6H2;2-3H,4-5H2,1H3/b;3-2-. The number of nitrogens with one attached hydrogen (secondary N) is 1. The van der Waals surface area contributed by atoms with Crippen molar-refractivity contribution in [1.29, 1.82) is 0 Å². The molecule has 0 radical (unpaired) electrons. The minimum atomic E-state index is -4.27. The van der Waals surface area contributed by atoms with Crippen LogP contribution in [0.5, 0.6) is 0 Å². The van der Waals surface area contributed by atoms with Crippen LogP contribution in [0, 0.1) is 0 Å². The van der Waals surface area contributed by atoms with Gasteiger partial charge in [0.05, 0.1) is 11.4 Å². The molecule has 10 heteroatoms. The molecule has 2 aliphatic rings. The van der Waals surface area contributed by atoms with Crippen molar-refractivity contribution in [2.45, 2.75) is 29.4 Å². The molecule has 1 unspecified atom stereocenters. The highest BCUT2D eigenvalue weighted by atomic mass is 79.9. The maximum Gasteiger partial charge on any atom is 0.425 e. The predicted molar refractivity (Wildman–Crippen MR) is 96.0 cm³/mol. The molecule has 0 amide bonds. The van der Waals surface area contributed by atoms with E-state index < -0.39 is 16.7 Å². The fourth-order valence-electron chi connectivity index (χ4n) is 2.86. The van der Waals surface area contributed by atoms with E-state index in [1.165, 1.54) is 17.3 Å². The molecular formula is C15H22BrF3N4OS. The van der Waals surface area contributed by atoms with E-state index in [-0.39, 0.29) is 4.83 Å². The van der Waals surface area contributed by atoms with Crippen molar-refractivity contribution in [2.24, 2.45) is 11.6 Å². The number of piperidine rings is 1. The molecule has 0 saturated carbocycles. The van der Waals surface area contributed by atoms with Gasteiger partial charge in [-0.3, -0.25) is 0 Å². The molecule has 1 aromatic heterocycles. The monoisotopic (exact) mass is 442 g/mol. The Morgan fingerprint density at radius 3 is 2.56 bits per heavy atom. The lowest BCUT2D eigenvalue weighted by Crippen LogP contribution is -2.44. The summed E-state index contributed by atoms with van der Waals surface area (Å²) < 4.78 is 44.6. The number of fused-ring (bicyclic) bond motifs is 2. The summed E-state index contributed by atoms with van der Waals surface area (Å²) in [7, 11) is 1.70. The van der Waals surface area contributed by atoms with Gasteiger partial charge in [0.2, 0.25) is 0 Å². The van der Waals surface area contributed by atoms with Gasteiger partial charge >= 0.3 is 6.18 Å². The van der Waals surface area contributed by atoms with Crippen molar-refractivity contribution in [1.82, 2.24) is 10.3 Å². The quantitative estimate of drug-likeness (QED) is 0.354. The maximum absolute atomic E-state index is 12.9. The summed E-state index contributed by atoms with van der Waals surface area (Å²) in [5, 5.41) is 4.60. The van der Waals surface area contributed by atoms with Crippen molar-refractivity contribution in [2.75, 3.05) is 26.7 Å². The zero-order valence-corrected chi connectivity index (χ0v) is 16.2. The number of alkyl halides is 4. The van der Waals surface area contributed by atoms with Gasteiger partial charge in [-0.15, -0.1) is 11.3 Å². The molecule has 0 aromatic carbocycles. The second-order valence-corrected chi connectivity index (χ2v) is 8.08. The minimum Gasteiger partial charge on any atom is -0.403 e. The minimum absolute atomic E-state index is 0.143. The SMILES string of the molecule is CN(N)/C=C\N.FC(F)(F)c1cc2c(s1)C1(CCNCC1)OCC2Br. The van der Waals surface area contributed by atoms with Crippen LogP contribution in [0.4, 0.5) is 13.2 Å². The number of halogens is 4. The topological polar surface area (TPSA) is 76.5 Å². The average Bonchev–Trinajstić information content (AvgIpc) is 3.00. The molecule has 142 valence electrons. The van der Waals surface area contributed by atoms with Crippen molar-refractivity contribution in [3.63, 3.8) is 0 Å². The number of thiophene rings is 1. The lowest BCUT2D eigenvalue weighted by molar-refractivity contribution is -0.134. The molecule has 0 bridgehead atoms. The van der Waals surface area contributed by atoms with E-state index in [9.17, 15) is 13.2 Å². The fourth-order valence-corrected chi connectivity index (χ4v) is 4.79. The van der Waals surface area contributed by atoms with E-state index in [1.54, 1.807) is 13.2 Å². The molecule has 3 heterocycles. The Labute approximate surface area is 157 Å². The molecule has 2 aliphatic heterocycles. The van der Waals surface area contributed by atoms with E-state index in [4.69, 9.17) is 16.3 Å². The predicted octanol–water partition coefficient (Wildman–Crippen LogP) is 3.03. The molecular weight excluding hydrogens is 421 g/mol. The van der Waals surface area contributed by atoms with Gasteiger partial charge in [-0.2, -0.15) is 13.2 Å². The van der Waals surface area contributed by atoms with Gasteiger partial charge in [-0.25, -0.2) is 5.84 Å². The van der Waals surface area contributed by atoms with Gasteiger partial charge in [0, 0.05) is 24.3 Å². The van der Waals surface area contributed by atoms with Gasteiger partial charge < -0.3 is 20.8 Å². The number of nitrogens with zero attached hydrogens (tertiary/aromatic N) is 1. The molecule has 1 atom stereocenters. The normalized spacial score (nSPS) is 22.4. The Hall–Kier alpha value is -0.810. The lowest BCUT2D eigenvalue weighted by atomic mass is 9.86. The van der Waals surface area contributed by atoms with Crippen molar-refractivity contribution < 1.29 is 17.9 Å². The van der Waals surface area contributed by atoms with Gasteiger partial charge in [0.15, 0.2) is 0 Å². The summed E-state index contributed by atoms with van der Waals surface area (Å²) in [6.07, 6.45) is 0.123. The third-order valence-corrected chi connectivity index (χ3v) is 6.17. The van der Waals surface area contributed by atoms with Gasteiger partial charge in [0.25, 0.3) is 0 Å². The maximum atomic E-state index is 12.9. The van der Waals surface area contributed by atoms with Crippen LogP contribution in [0.25, 0.3) is 0 Å². The molecule has 25 heavy (non-hydrogen) atoms. The van der Waals surface area contributed by atoms with Crippen molar-refractivity contribution in [3.05, 3.63) is 33.8 Å². The summed E-state index contributed by atoms with van der Waals surface area (Å²) in [5.74, 6) is 5.07. The zero-order valence-electron chi connectivity index (χ0n) is 13.8. The smallest absolute Gasteiger partial charge is 0.403 e.